The molecule has 4 heteroatoms. The smallest absolute Gasteiger partial charge is 0.303 e. The molecule has 0 fully saturated rings. The lowest BCUT2D eigenvalue weighted by Gasteiger charge is -2.03. The van der Waals surface area contributed by atoms with E-state index in [1.165, 1.54) is 11.1 Å². The van der Waals surface area contributed by atoms with Crippen LogP contribution in [0.25, 0.3) is 22.6 Å². The molecule has 2 aromatic carbocycles. The Morgan fingerprint density at radius 2 is 1.48 bits per heavy atom. The van der Waals surface area contributed by atoms with Crippen molar-refractivity contribution in [3.63, 3.8) is 0 Å². The molecule has 27 heavy (non-hydrogen) atoms. The van der Waals surface area contributed by atoms with E-state index in [2.05, 4.69) is 62.4 Å². The maximum Gasteiger partial charge on any atom is 0.303 e. The van der Waals surface area contributed by atoms with Crippen molar-refractivity contribution >= 4 is 5.97 Å². The Bertz CT molecular complexity index is 829. The number of hydrogen-bond donors (Lipinski definition) is 1. The van der Waals surface area contributed by atoms with Crippen molar-refractivity contribution in [2.75, 3.05) is 0 Å². The van der Waals surface area contributed by atoms with Gasteiger partial charge >= 0.3 is 5.97 Å². The number of hydrogen-bond acceptors (Lipinski definition) is 3. The Labute approximate surface area is 159 Å². The van der Waals surface area contributed by atoms with Gasteiger partial charge in [0, 0.05) is 24.0 Å². The fraction of sp³-hybridized carbons (Fsp3) is 0.304. The van der Waals surface area contributed by atoms with Gasteiger partial charge in [-0.2, -0.15) is 0 Å². The van der Waals surface area contributed by atoms with Gasteiger partial charge in [0.15, 0.2) is 11.7 Å². The summed E-state index contributed by atoms with van der Waals surface area (Å²) < 4.78 is 6.13. The Morgan fingerprint density at radius 3 is 2.07 bits per heavy atom. The lowest BCUT2D eigenvalue weighted by molar-refractivity contribution is -0.137. The molecule has 1 aromatic heterocycles. The summed E-state index contributed by atoms with van der Waals surface area (Å²) in [6.45, 7) is 4.13. The number of aliphatic carboxylic acids is 1. The van der Waals surface area contributed by atoms with Crippen LogP contribution in [0.4, 0.5) is 0 Å². The summed E-state index contributed by atoms with van der Waals surface area (Å²) in [5, 5.41) is 8.73. The first-order chi connectivity index (χ1) is 13.0. The lowest BCUT2D eigenvalue weighted by Crippen LogP contribution is -1.94. The predicted molar refractivity (Wildman–Crippen MR) is 107 cm³/mol. The fourth-order valence-corrected chi connectivity index (χ4v) is 3.01. The van der Waals surface area contributed by atoms with Crippen LogP contribution in [0.5, 0.6) is 0 Å². The number of carbonyl (C=O) groups is 1. The summed E-state index contributed by atoms with van der Waals surface area (Å²) in [7, 11) is 0. The molecule has 0 spiro atoms. The highest BCUT2D eigenvalue weighted by atomic mass is 16.4. The normalized spacial score (nSPS) is 10.9. The van der Waals surface area contributed by atoms with Crippen molar-refractivity contribution < 1.29 is 14.3 Å². The van der Waals surface area contributed by atoms with E-state index in [4.69, 9.17) is 14.5 Å². The summed E-state index contributed by atoms with van der Waals surface area (Å²) in [4.78, 5) is 15.4. The minimum absolute atomic E-state index is 0.217. The molecule has 0 aliphatic rings. The van der Waals surface area contributed by atoms with E-state index in [1.807, 2.05) is 0 Å². The molecule has 0 unspecified atom stereocenters. The summed E-state index contributed by atoms with van der Waals surface area (Å²) in [6.07, 6.45) is 3.34. The average Bonchev–Trinajstić information content (AvgIpc) is 3.06. The number of rotatable bonds is 8. The van der Waals surface area contributed by atoms with E-state index >= 15 is 0 Å². The number of aromatic nitrogens is 1. The largest absolute Gasteiger partial charge is 0.481 e. The van der Waals surface area contributed by atoms with E-state index in [1.54, 1.807) is 0 Å². The standard InChI is InChI=1S/C23H25NO3/c1-16-8-12-18(13-9-16)22-23(19-14-10-17(2)11-15-19)27-20(24-22)6-4-3-5-7-21(25)26/h8-15H,3-7H2,1-2H3,(H,25,26). The van der Waals surface area contributed by atoms with Crippen LogP contribution in [0.3, 0.4) is 0 Å². The first kappa shape index (κ1) is 18.9. The van der Waals surface area contributed by atoms with E-state index < -0.39 is 5.97 Å². The SMILES string of the molecule is Cc1ccc(-c2nc(CCCCCC(=O)O)oc2-c2ccc(C)cc2)cc1. The quantitative estimate of drug-likeness (QED) is 0.513. The van der Waals surface area contributed by atoms with Crippen LogP contribution >= 0.6 is 0 Å². The molecule has 1 heterocycles. The van der Waals surface area contributed by atoms with Crippen LogP contribution in [-0.2, 0) is 11.2 Å². The molecule has 0 saturated heterocycles. The molecular formula is C23H25NO3. The summed E-state index contributed by atoms with van der Waals surface area (Å²) in [6, 6.07) is 16.6. The molecule has 140 valence electrons. The van der Waals surface area contributed by atoms with Gasteiger partial charge in [0.2, 0.25) is 0 Å². The Morgan fingerprint density at radius 1 is 0.889 bits per heavy atom. The zero-order chi connectivity index (χ0) is 19.2. The van der Waals surface area contributed by atoms with Gasteiger partial charge in [0.05, 0.1) is 0 Å². The zero-order valence-corrected chi connectivity index (χ0v) is 15.9. The number of carboxylic acids is 1. The number of nitrogens with zero attached hydrogens (tertiary/aromatic N) is 1. The van der Waals surface area contributed by atoms with Crippen LogP contribution in [0, 0.1) is 13.8 Å². The minimum atomic E-state index is -0.741. The third-order valence-corrected chi connectivity index (χ3v) is 4.59. The van der Waals surface area contributed by atoms with E-state index in [0.29, 0.717) is 18.7 Å². The highest BCUT2D eigenvalue weighted by molar-refractivity contribution is 5.77. The van der Waals surface area contributed by atoms with Crippen molar-refractivity contribution in [2.45, 2.75) is 46.0 Å². The molecule has 0 saturated carbocycles. The maximum atomic E-state index is 10.6. The van der Waals surface area contributed by atoms with Crippen LogP contribution < -0.4 is 0 Å². The molecule has 0 amide bonds. The Balaban J connectivity index is 1.83. The molecule has 0 atom stereocenters. The first-order valence-electron chi connectivity index (χ1n) is 9.38. The molecule has 0 bridgehead atoms. The number of oxazole rings is 1. The van der Waals surface area contributed by atoms with Crippen molar-refractivity contribution in [1.29, 1.82) is 0 Å². The van der Waals surface area contributed by atoms with Crippen LogP contribution in [-0.4, -0.2) is 16.1 Å². The first-order valence-corrected chi connectivity index (χ1v) is 9.38. The highest BCUT2D eigenvalue weighted by Crippen LogP contribution is 2.33. The number of unbranched alkanes of at least 4 members (excludes halogenated alkanes) is 2. The summed E-state index contributed by atoms with van der Waals surface area (Å²) >= 11 is 0. The van der Waals surface area contributed by atoms with Gasteiger partial charge in [0.25, 0.3) is 0 Å². The van der Waals surface area contributed by atoms with Gasteiger partial charge in [-0.25, -0.2) is 4.98 Å². The van der Waals surface area contributed by atoms with Gasteiger partial charge in [-0.3, -0.25) is 4.79 Å². The van der Waals surface area contributed by atoms with Gasteiger partial charge in [-0.15, -0.1) is 0 Å². The zero-order valence-electron chi connectivity index (χ0n) is 15.9. The minimum Gasteiger partial charge on any atom is -0.481 e. The maximum absolute atomic E-state index is 10.6. The molecule has 0 radical (unpaired) electrons. The molecule has 0 aliphatic carbocycles. The summed E-state index contributed by atoms with van der Waals surface area (Å²) in [5.41, 5.74) is 5.32. The Hall–Kier alpha value is -2.88. The van der Waals surface area contributed by atoms with Gasteiger partial charge in [-0.1, -0.05) is 66.1 Å². The van der Waals surface area contributed by atoms with Crippen LogP contribution in [0.1, 0.15) is 42.7 Å². The average molecular weight is 363 g/mol. The van der Waals surface area contributed by atoms with Crippen molar-refractivity contribution in [1.82, 2.24) is 4.98 Å². The van der Waals surface area contributed by atoms with Gasteiger partial charge < -0.3 is 9.52 Å². The monoisotopic (exact) mass is 363 g/mol. The number of aryl methyl sites for hydroxylation is 3. The fourth-order valence-electron chi connectivity index (χ4n) is 3.01. The Kier molecular flexibility index (Phi) is 6.07. The van der Waals surface area contributed by atoms with Crippen molar-refractivity contribution in [2.24, 2.45) is 0 Å². The molecule has 3 rings (SSSR count). The summed E-state index contributed by atoms with van der Waals surface area (Å²) in [5.74, 6) is 0.755. The molecule has 1 N–H and O–H groups in total. The van der Waals surface area contributed by atoms with E-state index in [9.17, 15) is 4.79 Å². The third kappa shape index (κ3) is 5.07. The van der Waals surface area contributed by atoms with Crippen LogP contribution in [0.2, 0.25) is 0 Å². The molecule has 0 aliphatic heterocycles. The van der Waals surface area contributed by atoms with Crippen molar-refractivity contribution in [3.05, 3.63) is 65.5 Å². The van der Waals surface area contributed by atoms with Gasteiger partial charge in [0.1, 0.15) is 5.69 Å². The second-order valence-corrected chi connectivity index (χ2v) is 6.97. The highest BCUT2D eigenvalue weighted by Gasteiger charge is 2.16. The van der Waals surface area contributed by atoms with Crippen molar-refractivity contribution in [3.8, 4) is 22.6 Å². The topological polar surface area (TPSA) is 63.3 Å². The number of benzene rings is 2. The molecule has 3 aromatic rings. The second kappa shape index (κ2) is 8.67. The molecule has 4 nitrogen and oxygen atoms in total. The lowest BCUT2D eigenvalue weighted by atomic mass is 10.0. The predicted octanol–water partition coefficient (Wildman–Crippen LogP) is 5.81. The number of carboxylic acid groups (broad SMARTS) is 1. The second-order valence-electron chi connectivity index (χ2n) is 6.97. The van der Waals surface area contributed by atoms with E-state index in [-0.39, 0.29) is 6.42 Å². The van der Waals surface area contributed by atoms with Gasteiger partial charge in [-0.05, 0) is 26.7 Å². The van der Waals surface area contributed by atoms with E-state index in [0.717, 1.165) is 35.4 Å². The molecular weight excluding hydrogens is 338 g/mol. The van der Waals surface area contributed by atoms with Crippen LogP contribution in [0.15, 0.2) is 52.9 Å². The third-order valence-electron chi connectivity index (χ3n) is 4.59.